The van der Waals surface area contributed by atoms with Crippen LogP contribution in [0.15, 0.2) is 24.3 Å². The Morgan fingerprint density at radius 1 is 1.41 bits per heavy atom. The molecule has 0 aliphatic carbocycles. The fraction of sp³-hybridized carbons (Fsp3) is 0.438. The average Bonchev–Trinajstić information content (AvgIpc) is 2.88. The quantitative estimate of drug-likeness (QED) is 0.938. The second-order valence-corrected chi connectivity index (χ2v) is 5.37. The first-order valence-electron chi connectivity index (χ1n) is 7.40. The molecule has 0 radical (unpaired) electrons. The summed E-state index contributed by atoms with van der Waals surface area (Å²) in [6.45, 7) is 1.40. The van der Waals surface area contributed by atoms with Gasteiger partial charge in [0.05, 0.1) is 19.4 Å². The van der Waals surface area contributed by atoms with Crippen LogP contribution in [0.1, 0.15) is 12.8 Å². The zero-order chi connectivity index (χ0) is 15.5. The highest BCUT2D eigenvalue weighted by Crippen LogP contribution is 2.39. The fourth-order valence-corrected chi connectivity index (χ4v) is 2.58. The Bertz CT molecular complexity index is 629. The average molecular weight is 303 g/mol. The van der Waals surface area contributed by atoms with Gasteiger partial charge in [0.25, 0.3) is 0 Å². The number of methoxy groups -OCH3 is 1. The zero-order valence-electron chi connectivity index (χ0n) is 12.9. The van der Waals surface area contributed by atoms with Crippen LogP contribution in [-0.4, -0.2) is 36.2 Å². The van der Waals surface area contributed by atoms with E-state index in [0.29, 0.717) is 23.9 Å². The molecule has 1 saturated heterocycles. The first-order chi connectivity index (χ1) is 10.7. The predicted molar refractivity (Wildman–Crippen MR) is 84.1 cm³/mol. The Kier molecular flexibility index (Phi) is 4.20. The van der Waals surface area contributed by atoms with Gasteiger partial charge in [-0.25, -0.2) is 0 Å². The van der Waals surface area contributed by atoms with Crippen molar-refractivity contribution in [2.75, 3.05) is 26.1 Å². The number of para-hydroxylation sites is 1. The summed E-state index contributed by atoms with van der Waals surface area (Å²) in [5.74, 6) is 1.98. The number of rotatable bonds is 4. The van der Waals surface area contributed by atoms with Gasteiger partial charge in [-0.15, -0.1) is 0 Å². The number of ether oxygens (including phenoxy) is 3. The van der Waals surface area contributed by atoms with Crippen molar-refractivity contribution in [1.29, 1.82) is 0 Å². The second kappa shape index (κ2) is 6.27. The number of aromatic nitrogens is 2. The molecule has 0 saturated carbocycles. The van der Waals surface area contributed by atoms with Gasteiger partial charge in [-0.2, -0.15) is 5.10 Å². The van der Waals surface area contributed by atoms with Crippen LogP contribution >= 0.6 is 0 Å². The Morgan fingerprint density at radius 3 is 2.91 bits per heavy atom. The van der Waals surface area contributed by atoms with Crippen molar-refractivity contribution in [3.63, 3.8) is 0 Å². The molecule has 118 valence electrons. The molecule has 3 rings (SSSR count). The van der Waals surface area contributed by atoms with E-state index in [4.69, 9.17) is 19.9 Å². The Labute approximate surface area is 129 Å². The van der Waals surface area contributed by atoms with Crippen LogP contribution in [0.5, 0.6) is 11.5 Å². The number of hydrogen-bond donors (Lipinski definition) is 1. The molecule has 1 aliphatic rings. The van der Waals surface area contributed by atoms with Crippen molar-refractivity contribution in [1.82, 2.24) is 9.78 Å². The first-order valence-corrected chi connectivity index (χ1v) is 7.40. The van der Waals surface area contributed by atoms with Gasteiger partial charge in [0.1, 0.15) is 11.9 Å². The third kappa shape index (κ3) is 2.87. The first kappa shape index (κ1) is 14.7. The standard InChI is InChI=1S/C16H21N3O3/c1-19-15(17)9-13(18-19)12-6-3-7-14(20-2)16(12)22-11-5-4-8-21-10-11/h3,6-7,9,11H,4-5,8,10,17H2,1-2H3. The highest BCUT2D eigenvalue weighted by atomic mass is 16.5. The van der Waals surface area contributed by atoms with E-state index in [0.717, 1.165) is 30.7 Å². The second-order valence-electron chi connectivity index (χ2n) is 5.37. The van der Waals surface area contributed by atoms with Gasteiger partial charge < -0.3 is 19.9 Å². The molecule has 0 amide bonds. The number of anilines is 1. The third-order valence-electron chi connectivity index (χ3n) is 3.79. The minimum Gasteiger partial charge on any atom is -0.493 e. The van der Waals surface area contributed by atoms with Crippen molar-refractivity contribution in [2.24, 2.45) is 7.05 Å². The summed E-state index contributed by atoms with van der Waals surface area (Å²) in [4.78, 5) is 0. The summed E-state index contributed by atoms with van der Waals surface area (Å²) < 4.78 is 18.8. The number of nitrogens with zero attached hydrogens (tertiary/aromatic N) is 2. The normalized spacial score (nSPS) is 18.2. The number of aryl methyl sites for hydroxylation is 1. The van der Waals surface area contributed by atoms with Crippen LogP contribution in [-0.2, 0) is 11.8 Å². The molecule has 1 atom stereocenters. The Morgan fingerprint density at radius 2 is 2.27 bits per heavy atom. The summed E-state index contributed by atoms with van der Waals surface area (Å²) in [5, 5.41) is 4.43. The van der Waals surface area contributed by atoms with E-state index < -0.39 is 0 Å². The lowest BCUT2D eigenvalue weighted by Crippen LogP contribution is -2.28. The Balaban J connectivity index is 1.98. The molecular formula is C16H21N3O3. The molecule has 0 spiro atoms. The third-order valence-corrected chi connectivity index (χ3v) is 3.79. The molecule has 1 aromatic heterocycles. The van der Waals surface area contributed by atoms with E-state index in [1.165, 1.54) is 0 Å². The van der Waals surface area contributed by atoms with Crippen LogP contribution in [0.4, 0.5) is 5.82 Å². The van der Waals surface area contributed by atoms with Crippen LogP contribution in [0.2, 0.25) is 0 Å². The summed E-state index contributed by atoms with van der Waals surface area (Å²) in [6.07, 6.45) is 2.01. The lowest BCUT2D eigenvalue weighted by molar-refractivity contribution is 0.00669. The van der Waals surface area contributed by atoms with Crippen LogP contribution in [0.25, 0.3) is 11.3 Å². The summed E-state index contributed by atoms with van der Waals surface area (Å²) in [6, 6.07) is 7.60. The van der Waals surface area contributed by atoms with Crippen molar-refractivity contribution in [2.45, 2.75) is 18.9 Å². The van der Waals surface area contributed by atoms with Crippen molar-refractivity contribution >= 4 is 5.82 Å². The van der Waals surface area contributed by atoms with Gasteiger partial charge in [0, 0.05) is 25.3 Å². The summed E-state index contributed by atoms with van der Waals surface area (Å²) in [7, 11) is 3.45. The van der Waals surface area contributed by atoms with Gasteiger partial charge in [-0.05, 0) is 25.0 Å². The SMILES string of the molecule is COc1cccc(-c2cc(N)n(C)n2)c1OC1CCCOC1. The smallest absolute Gasteiger partial charge is 0.171 e. The molecule has 1 aromatic carbocycles. The summed E-state index contributed by atoms with van der Waals surface area (Å²) in [5.41, 5.74) is 7.53. The molecule has 2 N–H and O–H groups in total. The van der Waals surface area contributed by atoms with Crippen LogP contribution < -0.4 is 15.2 Å². The van der Waals surface area contributed by atoms with Crippen molar-refractivity contribution in [3.8, 4) is 22.8 Å². The molecule has 1 unspecified atom stereocenters. The van der Waals surface area contributed by atoms with Gasteiger partial charge in [-0.3, -0.25) is 4.68 Å². The van der Waals surface area contributed by atoms with Crippen LogP contribution in [0.3, 0.4) is 0 Å². The largest absolute Gasteiger partial charge is 0.493 e. The molecule has 2 aromatic rings. The Hall–Kier alpha value is -2.21. The number of nitrogen functional groups attached to an aromatic ring is 1. The fourth-order valence-electron chi connectivity index (χ4n) is 2.58. The lowest BCUT2D eigenvalue weighted by atomic mass is 10.1. The van der Waals surface area contributed by atoms with Crippen molar-refractivity contribution in [3.05, 3.63) is 24.3 Å². The molecule has 6 heteroatoms. The summed E-state index contributed by atoms with van der Waals surface area (Å²) >= 11 is 0. The molecule has 0 bridgehead atoms. The van der Waals surface area contributed by atoms with E-state index in [1.807, 2.05) is 31.3 Å². The maximum atomic E-state index is 6.17. The molecule has 1 aliphatic heterocycles. The lowest BCUT2D eigenvalue weighted by Gasteiger charge is -2.25. The minimum absolute atomic E-state index is 0.0323. The molecule has 6 nitrogen and oxygen atoms in total. The van der Waals surface area contributed by atoms with Crippen LogP contribution in [0, 0.1) is 0 Å². The zero-order valence-corrected chi connectivity index (χ0v) is 12.9. The predicted octanol–water partition coefficient (Wildman–Crippen LogP) is 2.24. The van der Waals surface area contributed by atoms with E-state index in [2.05, 4.69) is 5.10 Å². The minimum atomic E-state index is 0.0323. The van der Waals surface area contributed by atoms with E-state index in [1.54, 1.807) is 11.8 Å². The molecular weight excluding hydrogens is 282 g/mol. The van der Waals surface area contributed by atoms with Crippen molar-refractivity contribution < 1.29 is 14.2 Å². The van der Waals surface area contributed by atoms with E-state index in [-0.39, 0.29) is 6.10 Å². The maximum Gasteiger partial charge on any atom is 0.171 e. The van der Waals surface area contributed by atoms with Gasteiger partial charge in [-0.1, -0.05) is 6.07 Å². The topological polar surface area (TPSA) is 71.5 Å². The number of hydrogen-bond acceptors (Lipinski definition) is 5. The molecule has 22 heavy (non-hydrogen) atoms. The number of benzene rings is 1. The highest BCUT2D eigenvalue weighted by Gasteiger charge is 2.21. The van der Waals surface area contributed by atoms with E-state index in [9.17, 15) is 0 Å². The van der Waals surface area contributed by atoms with Gasteiger partial charge in [0.15, 0.2) is 11.5 Å². The monoisotopic (exact) mass is 303 g/mol. The number of nitrogens with two attached hydrogens (primary N) is 1. The maximum absolute atomic E-state index is 6.17. The van der Waals surface area contributed by atoms with Gasteiger partial charge in [0.2, 0.25) is 0 Å². The van der Waals surface area contributed by atoms with E-state index >= 15 is 0 Å². The molecule has 2 heterocycles. The highest BCUT2D eigenvalue weighted by molar-refractivity contribution is 5.72. The molecule has 1 fully saturated rings. The van der Waals surface area contributed by atoms with Gasteiger partial charge >= 0.3 is 0 Å².